The summed E-state index contributed by atoms with van der Waals surface area (Å²) in [4.78, 5) is 14.9. The summed E-state index contributed by atoms with van der Waals surface area (Å²) in [6.07, 6.45) is 3.32. The first-order chi connectivity index (χ1) is 14.0. The van der Waals surface area contributed by atoms with E-state index in [-0.39, 0.29) is 10.9 Å². The van der Waals surface area contributed by atoms with Gasteiger partial charge in [-0.25, -0.2) is 0 Å². The van der Waals surface area contributed by atoms with Crippen molar-refractivity contribution in [2.45, 2.75) is 64.4 Å². The van der Waals surface area contributed by atoms with Gasteiger partial charge in [-0.15, -0.1) is 0 Å². The smallest absolute Gasteiger partial charge is 0.267 e. The lowest BCUT2D eigenvalue weighted by Gasteiger charge is -2.45. The fraction of sp³-hybridized carbons (Fsp3) is 0.400. The molecule has 1 amide bonds. The van der Waals surface area contributed by atoms with Crippen LogP contribution in [-0.4, -0.2) is 31.1 Å². The van der Waals surface area contributed by atoms with E-state index < -0.39 is 20.3 Å². The molecule has 0 aromatic heterocycles. The topological polar surface area (TPSA) is 38.8 Å². The molecular formula is C25H33NO3Si. The lowest BCUT2D eigenvalue weighted by molar-refractivity contribution is -0.207. The SMILES string of the molecule is C[C@@H]1O[C@@](/C=C/c2ccccc2)(O[Si](C)(C)C(C)(C)C)N(Cc2ccccc2)C1=O. The second kappa shape index (κ2) is 8.50. The van der Waals surface area contributed by atoms with Gasteiger partial charge in [-0.3, -0.25) is 9.69 Å². The van der Waals surface area contributed by atoms with Crippen molar-refractivity contribution in [1.29, 1.82) is 0 Å². The van der Waals surface area contributed by atoms with Crippen LogP contribution in [0.15, 0.2) is 66.7 Å². The Balaban J connectivity index is 2.05. The number of carbonyl (C=O) groups excluding carboxylic acids is 1. The summed E-state index contributed by atoms with van der Waals surface area (Å²) in [5.41, 5.74) is 2.07. The van der Waals surface area contributed by atoms with E-state index in [2.05, 4.69) is 33.9 Å². The van der Waals surface area contributed by atoms with Crippen LogP contribution in [0.2, 0.25) is 18.1 Å². The van der Waals surface area contributed by atoms with Gasteiger partial charge < -0.3 is 9.16 Å². The van der Waals surface area contributed by atoms with Crippen molar-refractivity contribution in [1.82, 2.24) is 4.90 Å². The molecule has 0 radical (unpaired) electrons. The number of nitrogens with zero attached hydrogens (tertiary/aromatic N) is 1. The van der Waals surface area contributed by atoms with E-state index in [1.807, 2.05) is 72.8 Å². The average Bonchev–Trinajstić information content (AvgIpc) is 2.91. The molecule has 1 heterocycles. The van der Waals surface area contributed by atoms with E-state index in [4.69, 9.17) is 9.16 Å². The van der Waals surface area contributed by atoms with Crippen LogP contribution >= 0.6 is 0 Å². The van der Waals surface area contributed by atoms with Gasteiger partial charge in [0.15, 0.2) is 8.32 Å². The van der Waals surface area contributed by atoms with Crippen molar-refractivity contribution in [2.75, 3.05) is 0 Å². The molecule has 0 saturated carbocycles. The molecule has 0 bridgehead atoms. The predicted octanol–water partition coefficient (Wildman–Crippen LogP) is 5.82. The molecule has 2 atom stereocenters. The quantitative estimate of drug-likeness (QED) is 0.549. The number of amides is 1. The summed E-state index contributed by atoms with van der Waals surface area (Å²) in [5.74, 6) is -1.29. The summed E-state index contributed by atoms with van der Waals surface area (Å²) >= 11 is 0. The molecule has 0 aliphatic carbocycles. The summed E-state index contributed by atoms with van der Waals surface area (Å²) in [7, 11) is -2.27. The first-order valence-corrected chi connectivity index (χ1v) is 13.4. The predicted molar refractivity (Wildman–Crippen MR) is 124 cm³/mol. The highest BCUT2D eigenvalue weighted by molar-refractivity contribution is 6.74. The molecular weight excluding hydrogens is 390 g/mol. The Hall–Kier alpha value is -2.21. The van der Waals surface area contributed by atoms with E-state index >= 15 is 0 Å². The Kier molecular flexibility index (Phi) is 6.36. The van der Waals surface area contributed by atoms with Crippen molar-refractivity contribution < 1.29 is 14.0 Å². The molecule has 1 aliphatic rings. The molecule has 3 rings (SSSR count). The van der Waals surface area contributed by atoms with Crippen LogP contribution in [0.3, 0.4) is 0 Å². The maximum Gasteiger partial charge on any atom is 0.267 e. The van der Waals surface area contributed by atoms with Crippen molar-refractivity contribution in [2.24, 2.45) is 0 Å². The van der Waals surface area contributed by atoms with Crippen LogP contribution in [0.1, 0.15) is 38.8 Å². The zero-order valence-corrected chi connectivity index (χ0v) is 19.9. The standard InChI is InChI=1S/C25H33NO3Si/c1-20-23(27)26(19-22-15-11-8-12-16-22)25(28-20,29-30(5,6)24(2,3)4)18-17-21-13-9-7-10-14-21/h7-18,20H,19H2,1-6H3/b18-17+/t20-,25-/m0/s1. The molecule has 30 heavy (non-hydrogen) atoms. The Morgan fingerprint density at radius 3 is 2.20 bits per heavy atom. The molecule has 0 unspecified atom stereocenters. The highest BCUT2D eigenvalue weighted by Crippen LogP contribution is 2.43. The van der Waals surface area contributed by atoms with Crippen LogP contribution in [0.4, 0.5) is 0 Å². The van der Waals surface area contributed by atoms with Crippen LogP contribution in [0.25, 0.3) is 6.08 Å². The molecule has 2 aromatic carbocycles. The first-order valence-electron chi connectivity index (χ1n) is 10.5. The normalized spacial score (nSPS) is 22.8. The Morgan fingerprint density at radius 2 is 1.63 bits per heavy atom. The minimum atomic E-state index is -2.27. The zero-order valence-electron chi connectivity index (χ0n) is 18.9. The molecule has 0 N–H and O–H groups in total. The highest BCUT2D eigenvalue weighted by Gasteiger charge is 2.55. The number of benzene rings is 2. The molecule has 0 spiro atoms. The van der Waals surface area contributed by atoms with Gasteiger partial charge in [-0.05, 0) is 42.3 Å². The van der Waals surface area contributed by atoms with Crippen LogP contribution < -0.4 is 0 Å². The van der Waals surface area contributed by atoms with Crippen molar-refractivity contribution in [3.8, 4) is 0 Å². The van der Waals surface area contributed by atoms with E-state index in [1.165, 1.54) is 0 Å². The average molecular weight is 424 g/mol. The Bertz CT molecular complexity index is 890. The molecule has 4 nitrogen and oxygen atoms in total. The van der Waals surface area contributed by atoms with Gasteiger partial charge in [-0.1, -0.05) is 87.5 Å². The third-order valence-corrected chi connectivity index (χ3v) is 10.4. The Morgan fingerprint density at radius 1 is 1.07 bits per heavy atom. The lowest BCUT2D eigenvalue weighted by atomic mass is 10.1. The third-order valence-electron chi connectivity index (χ3n) is 6.01. The molecule has 1 saturated heterocycles. The molecule has 1 aliphatic heterocycles. The zero-order chi connectivity index (χ0) is 22.0. The van der Waals surface area contributed by atoms with Gasteiger partial charge in [-0.2, -0.15) is 0 Å². The Labute approximate surface area is 181 Å². The van der Waals surface area contributed by atoms with Gasteiger partial charge in [0.2, 0.25) is 0 Å². The minimum absolute atomic E-state index is 0.0305. The first kappa shape index (κ1) is 22.5. The molecule has 5 heteroatoms. The van der Waals surface area contributed by atoms with Gasteiger partial charge in [0.05, 0.1) is 6.54 Å². The molecule has 1 fully saturated rings. The van der Waals surface area contributed by atoms with Crippen LogP contribution in [0, 0.1) is 0 Å². The van der Waals surface area contributed by atoms with Gasteiger partial charge in [0.1, 0.15) is 6.10 Å². The van der Waals surface area contributed by atoms with E-state index in [1.54, 1.807) is 11.8 Å². The maximum atomic E-state index is 13.2. The van der Waals surface area contributed by atoms with Crippen LogP contribution in [0.5, 0.6) is 0 Å². The van der Waals surface area contributed by atoms with E-state index in [0.717, 1.165) is 11.1 Å². The summed E-state index contributed by atoms with van der Waals surface area (Å²) < 4.78 is 13.1. The summed E-state index contributed by atoms with van der Waals surface area (Å²) in [6.45, 7) is 13.2. The summed E-state index contributed by atoms with van der Waals surface area (Å²) in [5, 5.41) is -0.0305. The lowest BCUT2D eigenvalue weighted by Crippen LogP contribution is -2.56. The van der Waals surface area contributed by atoms with Crippen LogP contribution in [-0.2, 0) is 20.5 Å². The number of hydrogen-bond donors (Lipinski definition) is 0. The fourth-order valence-electron chi connectivity index (χ4n) is 3.22. The van der Waals surface area contributed by atoms with E-state index in [9.17, 15) is 4.79 Å². The highest BCUT2D eigenvalue weighted by atomic mass is 28.4. The second-order valence-corrected chi connectivity index (χ2v) is 14.1. The van der Waals surface area contributed by atoms with Crippen molar-refractivity contribution in [3.05, 3.63) is 77.9 Å². The van der Waals surface area contributed by atoms with Crippen molar-refractivity contribution in [3.63, 3.8) is 0 Å². The molecule has 2 aromatic rings. The van der Waals surface area contributed by atoms with Gasteiger partial charge in [0.25, 0.3) is 11.8 Å². The van der Waals surface area contributed by atoms with Crippen molar-refractivity contribution >= 4 is 20.3 Å². The summed E-state index contributed by atoms with van der Waals surface area (Å²) in [6, 6.07) is 20.0. The number of rotatable bonds is 6. The van der Waals surface area contributed by atoms with Gasteiger partial charge >= 0.3 is 0 Å². The monoisotopic (exact) mass is 423 g/mol. The third kappa shape index (κ3) is 4.74. The second-order valence-electron chi connectivity index (χ2n) is 9.41. The number of carbonyl (C=O) groups is 1. The largest absolute Gasteiger partial charge is 0.371 e. The molecule has 160 valence electrons. The number of ether oxygens (including phenoxy) is 1. The minimum Gasteiger partial charge on any atom is -0.371 e. The fourth-order valence-corrected chi connectivity index (χ4v) is 4.48. The number of hydrogen-bond acceptors (Lipinski definition) is 3. The maximum absolute atomic E-state index is 13.2. The van der Waals surface area contributed by atoms with Gasteiger partial charge in [0, 0.05) is 0 Å². The van der Waals surface area contributed by atoms with E-state index in [0.29, 0.717) is 6.54 Å².